The Balaban J connectivity index is 1.67. The normalized spacial score (nSPS) is 24.5. The maximum absolute atomic E-state index is 12.2. The van der Waals surface area contributed by atoms with Gasteiger partial charge in [-0.1, -0.05) is 19.8 Å². The molecule has 0 aromatic heterocycles. The van der Waals surface area contributed by atoms with Gasteiger partial charge in [-0.25, -0.2) is 0 Å². The predicted octanol–water partition coefficient (Wildman–Crippen LogP) is 1.35. The first-order chi connectivity index (χ1) is 9.16. The number of hydrogen-bond acceptors (Lipinski definition) is 3. The summed E-state index contributed by atoms with van der Waals surface area (Å²) in [6, 6.07) is 0. The van der Waals surface area contributed by atoms with E-state index in [-0.39, 0.29) is 11.3 Å². The topological polar surface area (TPSA) is 58.4 Å². The van der Waals surface area contributed by atoms with E-state index < -0.39 is 0 Å². The minimum Gasteiger partial charge on any atom is -0.355 e. The van der Waals surface area contributed by atoms with Crippen LogP contribution in [0.3, 0.4) is 0 Å². The van der Waals surface area contributed by atoms with E-state index in [9.17, 15) is 4.79 Å². The van der Waals surface area contributed by atoms with Gasteiger partial charge in [-0.2, -0.15) is 0 Å². The van der Waals surface area contributed by atoms with Crippen molar-refractivity contribution in [1.82, 2.24) is 10.2 Å². The van der Waals surface area contributed by atoms with Crippen LogP contribution < -0.4 is 11.1 Å². The molecule has 110 valence electrons. The monoisotopic (exact) mass is 267 g/mol. The zero-order chi connectivity index (χ0) is 13.7. The van der Waals surface area contributed by atoms with E-state index in [0.29, 0.717) is 12.5 Å². The molecule has 1 aliphatic carbocycles. The molecule has 19 heavy (non-hydrogen) atoms. The van der Waals surface area contributed by atoms with Crippen LogP contribution >= 0.6 is 0 Å². The van der Waals surface area contributed by atoms with Gasteiger partial charge in [-0.3, -0.25) is 4.79 Å². The Kier molecular flexibility index (Phi) is 5.22. The van der Waals surface area contributed by atoms with Crippen molar-refractivity contribution in [2.45, 2.75) is 45.4 Å². The fourth-order valence-corrected chi connectivity index (χ4v) is 3.23. The number of rotatable bonds is 6. The highest BCUT2D eigenvalue weighted by molar-refractivity contribution is 5.83. The Bertz CT molecular complexity index is 290. The minimum atomic E-state index is -0.231. The number of hydrogen-bond donors (Lipinski definition) is 2. The molecule has 1 heterocycles. The van der Waals surface area contributed by atoms with Gasteiger partial charge < -0.3 is 16.0 Å². The van der Waals surface area contributed by atoms with E-state index in [0.717, 1.165) is 32.4 Å². The second-order valence-electron chi connectivity index (χ2n) is 6.51. The van der Waals surface area contributed by atoms with Crippen molar-refractivity contribution in [3.8, 4) is 0 Å². The highest BCUT2D eigenvalue weighted by atomic mass is 16.2. The average molecular weight is 267 g/mol. The molecule has 1 saturated carbocycles. The summed E-state index contributed by atoms with van der Waals surface area (Å²) in [5.74, 6) is 0.712. The Labute approximate surface area is 117 Å². The molecule has 2 rings (SSSR count). The molecular weight excluding hydrogens is 238 g/mol. The maximum Gasteiger partial charge on any atom is 0.227 e. The zero-order valence-corrected chi connectivity index (χ0v) is 12.3. The van der Waals surface area contributed by atoms with Crippen LogP contribution in [0.5, 0.6) is 0 Å². The number of nitrogens with zero attached hydrogens (tertiary/aromatic N) is 1. The van der Waals surface area contributed by atoms with E-state index in [1.54, 1.807) is 0 Å². The van der Waals surface area contributed by atoms with Crippen molar-refractivity contribution in [3.05, 3.63) is 0 Å². The first kappa shape index (κ1) is 14.8. The van der Waals surface area contributed by atoms with Gasteiger partial charge in [-0.05, 0) is 44.7 Å². The molecule has 0 spiro atoms. The zero-order valence-electron chi connectivity index (χ0n) is 12.3. The van der Waals surface area contributed by atoms with Crippen molar-refractivity contribution in [3.63, 3.8) is 0 Å². The molecule has 0 aromatic rings. The Hall–Kier alpha value is -0.610. The van der Waals surface area contributed by atoms with E-state index >= 15 is 0 Å². The second-order valence-corrected chi connectivity index (χ2v) is 6.51. The fourth-order valence-electron chi connectivity index (χ4n) is 3.23. The van der Waals surface area contributed by atoms with Crippen molar-refractivity contribution in [2.75, 3.05) is 32.7 Å². The molecule has 0 aromatic carbocycles. The summed E-state index contributed by atoms with van der Waals surface area (Å²) in [7, 11) is 0. The molecule has 1 saturated heterocycles. The van der Waals surface area contributed by atoms with Crippen LogP contribution in [0.25, 0.3) is 0 Å². The van der Waals surface area contributed by atoms with Gasteiger partial charge in [-0.15, -0.1) is 0 Å². The van der Waals surface area contributed by atoms with Crippen molar-refractivity contribution < 1.29 is 4.79 Å². The van der Waals surface area contributed by atoms with E-state index in [4.69, 9.17) is 5.73 Å². The summed E-state index contributed by atoms with van der Waals surface area (Å²) in [4.78, 5) is 14.7. The van der Waals surface area contributed by atoms with Crippen LogP contribution in [0.1, 0.15) is 45.4 Å². The van der Waals surface area contributed by atoms with Gasteiger partial charge >= 0.3 is 0 Å². The molecule has 2 aliphatic rings. The number of carbonyl (C=O) groups excluding carboxylic acids is 1. The van der Waals surface area contributed by atoms with E-state index in [2.05, 4.69) is 17.1 Å². The number of nitrogens with one attached hydrogen (secondary N) is 1. The maximum atomic E-state index is 12.2. The van der Waals surface area contributed by atoms with Crippen LogP contribution in [0.2, 0.25) is 0 Å². The van der Waals surface area contributed by atoms with Gasteiger partial charge in [0.05, 0.1) is 5.41 Å². The fraction of sp³-hybridized carbons (Fsp3) is 0.933. The van der Waals surface area contributed by atoms with Crippen LogP contribution in [-0.4, -0.2) is 43.5 Å². The highest BCUT2D eigenvalue weighted by Gasteiger charge is 2.42. The van der Waals surface area contributed by atoms with Crippen LogP contribution in [0.15, 0.2) is 0 Å². The summed E-state index contributed by atoms with van der Waals surface area (Å²) >= 11 is 0. The summed E-state index contributed by atoms with van der Waals surface area (Å²) in [5, 5.41) is 3.12. The number of carbonyl (C=O) groups is 1. The first-order valence-corrected chi connectivity index (χ1v) is 7.87. The third-order valence-corrected chi connectivity index (χ3v) is 4.81. The molecule has 4 nitrogen and oxygen atoms in total. The predicted molar refractivity (Wildman–Crippen MR) is 77.8 cm³/mol. The van der Waals surface area contributed by atoms with E-state index in [1.165, 1.54) is 32.4 Å². The van der Waals surface area contributed by atoms with Crippen LogP contribution in [0.4, 0.5) is 0 Å². The third-order valence-electron chi connectivity index (χ3n) is 4.81. The lowest BCUT2D eigenvalue weighted by Crippen LogP contribution is -2.51. The SMILES string of the molecule is CC(CNC(=O)C1(CN)CCC1)CN1CCCCC1. The van der Waals surface area contributed by atoms with Crippen molar-refractivity contribution >= 4 is 5.91 Å². The Morgan fingerprint density at radius 2 is 1.95 bits per heavy atom. The van der Waals surface area contributed by atoms with E-state index in [1.807, 2.05) is 0 Å². The smallest absolute Gasteiger partial charge is 0.227 e. The third kappa shape index (κ3) is 3.69. The lowest BCUT2D eigenvalue weighted by Gasteiger charge is -2.39. The van der Waals surface area contributed by atoms with Gasteiger partial charge in [0, 0.05) is 19.6 Å². The summed E-state index contributed by atoms with van der Waals surface area (Å²) in [5.41, 5.74) is 5.53. The molecule has 0 radical (unpaired) electrons. The quantitative estimate of drug-likeness (QED) is 0.764. The molecular formula is C15H29N3O. The molecule has 1 unspecified atom stereocenters. The van der Waals surface area contributed by atoms with Gasteiger partial charge in [0.2, 0.25) is 5.91 Å². The molecule has 2 fully saturated rings. The summed E-state index contributed by atoms with van der Waals surface area (Å²) in [6.45, 7) is 7.08. The van der Waals surface area contributed by atoms with Crippen LogP contribution in [-0.2, 0) is 4.79 Å². The molecule has 1 amide bonds. The summed E-state index contributed by atoms with van der Waals surface area (Å²) < 4.78 is 0. The number of amides is 1. The standard InChI is InChI=1S/C15H29N3O/c1-13(11-18-8-3-2-4-9-18)10-17-14(19)15(12-16)6-5-7-15/h13H,2-12,16H2,1H3,(H,17,19). The lowest BCUT2D eigenvalue weighted by molar-refractivity contribution is -0.135. The minimum absolute atomic E-state index is 0.187. The van der Waals surface area contributed by atoms with Crippen molar-refractivity contribution in [2.24, 2.45) is 17.1 Å². The first-order valence-electron chi connectivity index (χ1n) is 7.87. The van der Waals surface area contributed by atoms with Gasteiger partial charge in [0.1, 0.15) is 0 Å². The molecule has 3 N–H and O–H groups in total. The summed E-state index contributed by atoms with van der Waals surface area (Å²) in [6.07, 6.45) is 7.12. The van der Waals surface area contributed by atoms with Gasteiger partial charge in [0.15, 0.2) is 0 Å². The second kappa shape index (κ2) is 6.71. The Morgan fingerprint density at radius 1 is 1.26 bits per heavy atom. The highest BCUT2D eigenvalue weighted by Crippen LogP contribution is 2.39. The molecule has 1 aliphatic heterocycles. The Morgan fingerprint density at radius 3 is 2.47 bits per heavy atom. The number of nitrogens with two attached hydrogens (primary N) is 1. The number of likely N-dealkylation sites (tertiary alicyclic amines) is 1. The lowest BCUT2D eigenvalue weighted by atomic mass is 9.68. The largest absolute Gasteiger partial charge is 0.355 e. The number of piperidine rings is 1. The van der Waals surface area contributed by atoms with Crippen LogP contribution in [0, 0.1) is 11.3 Å². The molecule has 4 heteroatoms. The van der Waals surface area contributed by atoms with Gasteiger partial charge in [0.25, 0.3) is 0 Å². The molecule has 0 bridgehead atoms. The van der Waals surface area contributed by atoms with Crippen molar-refractivity contribution in [1.29, 1.82) is 0 Å². The average Bonchev–Trinajstić information content (AvgIpc) is 2.37. The molecule has 1 atom stereocenters.